The van der Waals surface area contributed by atoms with Gasteiger partial charge in [0.25, 0.3) is 0 Å². The van der Waals surface area contributed by atoms with E-state index in [0.29, 0.717) is 0 Å². The Morgan fingerprint density at radius 2 is 1.00 bits per heavy atom. The van der Waals surface area contributed by atoms with Crippen molar-refractivity contribution in [2.45, 2.75) is 17.7 Å². The van der Waals surface area contributed by atoms with Crippen molar-refractivity contribution in [3.8, 4) is 0 Å². The van der Waals surface area contributed by atoms with Gasteiger partial charge in [0.15, 0.2) is 4.90 Å². The van der Waals surface area contributed by atoms with Gasteiger partial charge in [-0.15, -0.1) is 0 Å². The molecule has 0 atom stereocenters. The molecule has 0 bridgehead atoms. The predicted molar refractivity (Wildman–Crippen MR) is 113 cm³/mol. The van der Waals surface area contributed by atoms with Crippen LogP contribution in [0.15, 0.2) is 36.4 Å². The summed E-state index contributed by atoms with van der Waals surface area (Å²) in [5.41, 5.74) is 0.409. The van der Waals surface area contributed by atoms with Crippen molar-refractivity contribution < 1.29 is 28.7 Å². The average molecular weight is 518 g/mol. The van der Waals surface area contributed by atoms with Crippen LogP contribution in [-0.4, -0.2) is 47.5 Å². The zero-order valence-electron chi connectivity index (χ0n) is 14.1. The molecule has 2 aromatic carbocycles. The Morgan fingerprint density at radius 3 is 1.25 bits per heavy atom. The zero-order valence-corrected chi connectivity index (χ0v) is 20.3. The second-order valence-corrected chi connectivity index (χ2v) is 11.8. The molecule has 0 fully saturated rings. The molecule has 0 spiro atoms. The largest absolute Gasteiger partial charge is 2.00 e. The summed E-state index contributed by atoms with van der Waals surface area (Å²) in [7, 11) is -10.7. The van der Waals surface area contributed by atoms with Crippen molar-refractivity contribution in [1.29, 1.82) is 0 Å². The fourth-order valence-electron chi connectivity index (χ4n) is 2.60. The van der Waals surface area contributed by atoms with E-state index in [9.17, 15) is 28.7 Å². The average Bonchev–Trinajstić information content (AvgIpc) is 2.51. The van der Waals surface area contributed by atoms with Gasteiger partial charge in [-0.2, -0.15) is 0 Å². The van der Waals surface area contributed by atoms with Crippen molar-refractivity contribution in [2.24, 2.45) is 0 Å². The van der Waals surface area contributed by atoms with Gasteiger partial charge in [0, 0.05) is 12.8 Å². The second-order valence-electron chi connectivity index (χ2n) is 5.92. The summed E-state index contributed by atoms with van der Waals surface area (Å²) in [5, 5.41) is 0.578. The smallest absolute Gasteiger partial charge is 0.324 e. The first-order valence-electron chi connectivity index (χ1n) is 7.26. The van der Waals surface area contributed by atoms with Crippen LogP contribution in [-0.2, 0) is 22.0 Å². The van der Waals surface area contributed by atoms with Crippen LogP contribution in [0, 0.1) is 0 Å². The van der Waals surface area contributed by atoms with Crippen LogP contribution >= 0.6 is 61.6 Å². The van der Waals surface area contributed by atoms with Crippen molar-refractivity contribution >= 4 is 84.6 Å². The van der Waals surface area contributed by atoms with Crippen molar-refractivity contribution in [3.05, 3.63) is 67.6 Å². The molecule has 13 heteroatoms. The van der Waals surface area contributed by atoms with E-state index < -0.39 is 32.9 Å². The molecular weight excluding hydrogens is 504 g/mol. The number of rotatable bonds is 6. The summed E-state index contributed by atoms with van der Waals surface area (Å²) in [5.74, 6) is 0. The number of benzene rings is 2. The molecule has 4 N–H and O–H groups in total. The van der Waals surface area contributed by atoms with Gasteiger partial charge in [-0.05, 0) is 35.4 Å². The third-order valence-corrected chi connectivity index (χ3v) is 9.87. The summed E-state index contributed by atoms with van der Waals surface area (Å²) >= 11 is 23.5. The molecule has 0 amide bonds. The predicted octanol–water partition coefficient (Wildman–Crippen LogP) is 4.76. The van der Waals surface area contributed by atoms with Crippen LogP contribution in [0.25, 0.3) is 0 Å². The van der Waals surface area contributed by atoms with Crippen LogP contribution in [0.2, 0.25) is 20.1 Å². The van der Waals surface area contributed by atoms with Gasteiger partial charge in [-0.1, -0.05) is 58.5 Å². The summed E-state index contributed by atoms with van der Waals surface area (Å²) in [6, 6.07) is 8.15. The molecule has 2 aromatic rings. The minimum Gasteiger partial charge on any atom is -0.324 e. The van der Waals surface area contributed by atoms with Crippen LogP contribution < -0.4 is 0 Å². The molecular formula is C15H14Cl4MgO6P2+2. The summed E-state index contributed by atoms with van der Waals surface area (Å²) in [4.78, 5) is 37.0. The minimum absolute atomic E-state index is 0. The quantitative estimate of drug-likeness (QED) is 0.324. The molecule has 0 saturated carbocycles. The standard InChI is InChI=1S/C15H14Cl4O6P2.Mg/c16-11-3-1-9(5-13(11)18)7-15(26(20,21)22,27(23,24)25)8-10-2-4-12(17)14(19)6-10;/h1-6H,7-8H2,(H2,20,21,22)(H2,23,24,25);/q;+2. The van der Waals surface area contributed by atoms with Crippen LogP contribution in [0.5, 0.6) is 0 Å². The van der Waals surface area contributed by atoms with E-state index in [1.165, 1.54) is 36.4 Å². The molecule has 2 rings (SSSR count). The summed E-state index contributed by atoms with van der Waals surface area (Å²) < 4.78 is 24.6. The van der Waals surface area contributed by atoms with Crippen molar-refractivity contribution in [1.82, 2.24) is 0 Å². The number of hydrogen-bond acceptors (Lipinski definition) is 2. The van der Waals surface area contributed by atoms with Gasteiger partial charge in [0.05, 0.1) is 20.1 Å². The first-order valence-corrected chi connectivity index (χ1v) is 12.0. The molecule has 0 aliphatic heterocycles. The van der Waals surface area contributed by atoms with Crippen molar-refractivity contribution in [3.63, 3.8) is 0 Å². The van der Waals surface area contributed by atoms with E-state index in [-0.39, 0.29) is 54.3 Å². The van der Waals surface area contributed by atoms with E-state index >= 15 is 0 Å². The molecule has 0 aliphatic rings. The van der Waals surface area contributed by atoms with E-state index in [2.05, 4.69) is 0 Å². The van der Waals surface area contributed by atoms with Crippen LogP contribution in [0.1, 0.15) is 11.1 Å². The Bertz CT molecular complexity index is 884. The molecule has 6 nitrogen and oxygen atoms in total. The van der Waals surface area contributed by atoms with E-state index in [0.717, 1.165) is 0 Å². The maximum absolute atomic E-state index is 12.3. The Kier molecular flexibility index (Phi) is 9.40. The number of hydrogen-bond donors (Lipinski definition) is 4. The zero-order chi connectivity index (χ0) is 20.6. The molecule has 0 aromatic heterocycles. The van der Waals surface area contributed by atoms with Gasteiger partial charge < -0.3 is 19.6 Å². The fraction of sp³-hybridized carbons (Fsp3) is 0.200. The molecule has 0 radical (unpaired) electrons. The molecule has 0 unspecified atom stereocenters. The minimum atomic E-state index is -5.33. The van der Waals surface area contributed by atoms with E-state index in [4.69, 9.17) is 46.4 Å². The Balaban J connectivity index is 0.00000392. The summed E-state index contributed by atoms with van der Waals surface area (Å²) in [6.45, 7) is 0. The first kappa shape index (κ1) is 26.7. The van der Waals surface area contributed by atoms with E-state index in [1.54, 1.807) is 0 Å². The van der Waals surface area contributed by atoms with Crippen LogP contribution in [0.4, 0.5) is 0 Å². The van der Waals surface area contributed by atoms with Gasteiger partial charge in [-0.3, -0.25) is 9.13 Å². The molecule has 28 heavy (non-hydrogen) atoms. The maximum atomic E-state index is 12.3. The second kappa shape index (κ2) is 9.86. The molecule has 0 heterocycles. The van der Waals surface area contributed by atoms with Crippen molar-refractivity contribution in [2.75, 3.05) is 0 Å². The van der Waals surface area contributed by atoms with E-state index in [1.807, 2.05) is 0 Å². The Morgan fingerprint density at radius 1 is 0.679 bits per heavy atom. The third-order valence-electron chi connectivity index (χ3n) is 4.03. The Labute approximate surface area is 197 Å². The van der Waals surface area contributed by atoms with Gasteiger partial charge in [-0.25, -0.2) is 0 Å². The van der Waals surface area contributed by atoms with Gasteiger partial charge >= 0.3 is 38.2 Å². The van der Waals surface area contributed by atoms with Gasteiger partial charge in [0.1, 0.15) is 0 Å². The number of halogens is 4. The normalized spacial score (nSPS) is 12.6. The molecule has 0 aliphatic carbocycles. The first-order chi connectivity index (χ1) is 12.3. The monoisotopic (exact) mass is 516 g/mol. The maximum Gasteiger partial charge on any atom is 2.00 e. The van der Waals surface area contributed by atoms with Crippen LogP contribution in [0.3, 0.4) is 0 Å². The SMILES string of the molecule is O=P(O)(O)C(Cc1ccc(Cl)c(Cl)c1)(Cc1ccc(Cl)c(Cl)c1)P(=O)(O)O.[Mg+2]. The molecule has 148 valence electrons. The topological polar surface area (TPSA) is 115 Å². The summed E-state index contributed by atoms with van der Waals surface area (Å²) in [6.07, 6.45) is -1.28. The molecule has 0 saturated heterocycles. The Hall–Kier alpha value is 0.666. The third kappa shape index (κ3) is 5.88. The fourth-order valence-corrected chi connectivity index (χ4v) is 6.15. The van der Waals surface area contributed by atoms with Gasteiger partial charge in [0.2, 0.25) is 0 Å².